The van der Waals surface area contributed by atoms with Crippen molar-refractivity contribution in [2.45, 2.75) is 98.6 Å². The molecule has 3 heterocycles. The summed E-state index contributed by atoms with van der Waals surface area (Å²) in [5.41, 5.74) is 5.26. The van der Waals surface area contributed by atoms with Crippen molar-refractivity contribution in [3.63, 3.8) is 0 Å². The molecule has 6 aromatic carbocycles. The van der Waals surface area contributed by atoms with Gasteiger partial charge in [0.2, 0.25) is 0 Å². The highest BCUT2D eigenvalue weighted by Crippen LogP contribution is 2.49. The Hall–Kier alpha value is -4.84. The van der Waals surface area contributed by atoms with Crippen LogP contribution >= 0.6 is 11.8 Å². The summed E-state index contributed by atoms with van der Waals surface area (Å²) in [6, 6.07) is 42.0. The first-order chi connectivity index (χ1) is 30.6. The van der Waals surface area contributed by atoms with E-state index < -0.39 is 39.0 Å². The van der Waals surface area contributed by atoms with Gasteiger partial charge in [0.25, 0.3) is 0 Å². The normalized spacial score (nSPS) is 21.8. The SMILES string of the molecule is [2H]C1(c2ccc3c(nc4oc5c(C6([2H])CCCC6)cccc5n43)c2-c2cccc([Si](C)(c3ccccc3)c3cccc4c3Sc3ccccc3C4(C([2H])([2H])[2H])C([2H])([2H])[2H])c2)CCCC1. The molecule has 1 unspecified atom stereocenters. The van der Waals surface area contributed by atoms with E-state index in [0.29, 0.717) is 32.3 Å². The molecule has 0 radical (unpaired) electrons. The Labute approximate surface area is 346 Å². The Kier molecular flexibility index (Phi) is 6.30. The van der Waals surface area contributed by atoms with Crippen LogP contribution in [-0.4, -0.2) is 17.5 Å². The smallest absolute Gasteiger partial charge is 0.307 e. The molecule has 56 heavy (non-hydrogen) atoms. The molecule has 0 N–H and O–H groups in total. The van der Waals surface area contributed by atoms with E-state index in [1.165, 1.54) is 11.8 Å². The maximum Gasteiger partial charge on any atom is 0.307 e. The Morgan fingerprint density at radius 1 is 0.714 bits per heavy atom. The third kappa shape index (κ3) is 5.12. The molecular formula is C51H48N2OSSi. The molecule has 3 aliphatic rings. The van der Waals surface area contributed by atoms with Gasteiger partial charge in [0, 0.05) is 37.3 Å². The van der Waals surface area contributed by atoms with E-state index in [2.05, 4.69) is 65.5 Å². The molecule has 0 amide bonds. The van der Waals surface area contributed by atoms with Crippen molar-refractivity contribution in [3.8, 4) is 11.1 Å². The maximum absolute atomic E-state index is 9.94. The summed E-state index contributed by atoms with van der Waals surface area (Å²) in [5.74, 6) is -1.04. The molecular weight excluding hydrogens is 717 g/mol. The lowest BCUT2D eigenvalue weighted by Crippen LogP contribution is -2.65. The number of nitrogens with zero attached hydrogens (tertiary/aromatic N) is 2. The van der Waals surface area contributed by atoms with Gasteiger partial charge >= 0.3 is 5.84 Å². The first-order valence-corrected chi connectivity index (χ1v) is 23.4. The fourth-order valence-corrected chi connectivity index (χ4v) is 15.7. The number of hydrogen-bond acceptors (Lipinski definition) is 3. The van der Waals surface area contributed by atoms with Crippen LogP contribution in [-0.2, 0) is 5.41 Å². The average molecular weight is 773 g/mol. The van der Waals surface area contributed by atoms with Gasteiger partial charge in [-0.3, -0.25) is 4.40 Å². The molecule has 1 atom stereocenters. The number of fused-ring (bicyclic) bond motifs is 7. The topological polar surface area (TPSA) is 30.4 Å². The Morgan fingerprint density at radius 2 is 1.41 bits per heavy atom. The molecule has 11 rings (SSSR count). The highest BCUT2D eigenvalue weighted by Gasteiger charge is 2.41. The number of imidazole rings is 1. The zero-order valence-corrected chi connectivity index (χ0v) is 33.3. The van der Waals surface area contributed by atoms with Crippen molar-refractivity contribution >= 4 is 63.4 Å². The number of benzene rings is 6. The van der Waals surface area contributed by atoms with E-state index in [1.807, 2.05) is 54.6 Å². The fraction of sp³-hybridized carbons (Fsp3) is 0.275. The molecule has 0 spiro atoms. The van der Waals surface area contributed by atoms with Crippen LogP contribution in [0.3, 0.4) is 0 Å². The molecule has 2 aromatic heterocycles. The van der Waals surface area contributed by atoms with Crippen LogP contribution in [0.5, 0.6) is 0 Å². The van der Waals surface area contributed by atoms with Crippen LogP contribution in [0.15, 0.2) is 142 Å². The predicted molar refractivity (Wildman–Crippen MR) is 236 cm³/mol. The minimum Gasteiger partial charge on any atom is -0.423 e. The van der Waals surface area contributed by atoms with Crippen LogP contribution in [0.2, 0.25) is 6.55 Å². The molecule has 5 heteroatoms. The van der Waals surface area contributed by atoms with E-state index >= 15 is 0 Å². The third-order valence-electron chi connectivity index (χ3n) is 12.9. The molecule has 3 nitrogen and oxygen atoms in total. The second-order valence-electron chi connectivity index (χ2n) is 16.1. The number of para-hydroxylation sites is 1. The van der Waals surface area contributed by atoms with Gasteiger partial charge in [-0.25, -0.2) is 0 Å². The zero-order chi connectivity index (χ0) is 44.4. The highest BCUT2D eigenvalue weighted by atomic mass is 32.2. The summed E-state index contributed by atoms with van der Waals surface area (Å²) < 4.78 is 82.1. The van der Waals surface area contributed by atoms with Crippen molar-refractivity contribution < 1.29 is 15.4 Å². The lowest BCUT2D eigenvalue weighted by atomic mass is 9.78. The zero-order valence-electron chi connectivity index (χ0n) is 39.5. The molecule has 2 saturated carbocycles. The van der Waals surface area contributed by atoms with Crippen LogP contribution in [0, 0.1) is 0 Å². The predicted octanol–water partition coefficient (Wildman–Crippen LogP) is 12.1. The van der Waals surface area contributed by atoms with Crippen LogP contribution in [0.4, 0.5) is 0 Å². The van der Waals surface area contributed by atoms with Crippen molar-refractivity contribution in [2.24, 2.45) is 0 Å². The Morgan fingerprint density at radius 3 is 2.21 bits per heavy atom. The van der Waals surface area contributed by atoms with Gasteiger partial charge < -0.3 is 4.42 Å². The van der Waals surface area contributed by atoms with Crippen molar-refractivity contribution in [2.75, 3.05) is 0 Å². The van der Waals surface area contributed by atoms with E-state index in [9.17, 15) is 2.74 Å². The second-order valence-corrected chi connectivity index (χ2v) is 21.1. The highest BCUT2D eigenvalue weighted by molar-refractivity contribution is 7.99. The first kappa shape index (κ1) is 26.9. The Balaban J connectivity index is 1.16. The Bertz CT molecular complexity index is 3130. The van der Waals surface area contributed by atoms with Gasteiger partial charge in [-0.1, -0.05) is 167 Å². The van der Waals surface area contributed by atoms with Gasteiger partial charge in [-0.15, -0.1) is 0 Å². The van der Waals surface area contributed by atoms with E-state index in [1.54, 1.807) is 18.2 Å². The summed E-state index contributed by atoms with van der Waals surface area (Å²) in [7, 11) is -3.14. The van der Waals surface area contributed by atoms with Gasteiger partial charge in [-0.05, 0) is 93.5 Å². The number of aromatic nitrogens is 2. The molecule has 0 saturated heterocycles. The molecule has 1 aliphatic heterocycles. The maximum atomic E-state index is 9.94. The van der Waals surface area contributed by atoms with Gasteiger partial charge in [-0.2, -0.15) is 4.98 Å². The molecule has 2 fully saturated rings. The van der Waals surface area contributed by atoms with Crippen LogP contribution < -0.4 is 15.6 Å². The van der Waals surface area contributed by atoms with Gasteiger partial charge in [0.1, 0.15) is 13.6 Å². The summed E-state index contributed by atoms with van der Waals surface area (Å²) >= 11 is 1.47. The van der Waals surface area contributed by atoms with E-state index in [4.69, 9.17) is 17.6 Å². The van der Waals surface area contributed by atoms with Crippen molar-refractivity contribution in [1.82, 2.24) is 9.38 Å². The molecule has 2 aliphatic carbocycles. The van der Waals surface area contributed by atoms with Crippen LogP contribution in [0.1, 0.15) is 110 Å². The van der Waals surface area contributed by atoms with Crippen LogP contribution in [0.25, 0.3) is 39.1 Å². The lowest BCUT2D eigenvalue weighted by Gasteiger charge is -2.39. The van der Waals surface area contributed by atoms with E-state index in [0.717, 1.165) is 106 Å². The summed E-state index contributed by atoms with van der Waals surface area (Å²) in [5, 5.41) is 3.09. The van der Waals surface area contributed by atoms with Gasteiger partial charge in [0.05, 0.1) is 11.0 Å². The largest absolute Gasteiger partial charge is 0.423 e. The van der Waals surface area contributed by atoms with Gasteiger partial charge in [0.15, 0.2) is 5.58 Å². The number of hydrogen-bond donors (Lipinski definition) is 0. The molecule has 278 valence electrons. The average Bonchev–Trinajstić information content (AvgIpc) is 4.09. The molecule has 8 aromatic rings. The monoisotopic (exact) mass is 772 g/mol. The van der Waals surface area contributed by atoms with Crippen molar-refractivity contribution in [3.05, 3.63) is 150 Å². The number of rotatable bonds is 6. The first-order valence-electron chi connectivity index (χ1n) is 24.1. The quantitative estimate of drug-likeness (QED) is 0.125. The molecule has 0 bridgehead atoms. The summed E-state index contributed by atoms with van der Waals surface area (Å²) in [6.45, 7) is -3.51. The van der Waals surface area contributed by atoms with E-state index in [-0.39, 0.29) is 0 Å². The summed E-state index contributed by atoms with van der Waals surface area (Å²) in [6.07, 6.45) is 7.08. The minimum absolute atomic E-state index is 0.305. The fourth-order valence-electron chi connectivity index (χ4n) is 10.0. The van der Waals surface area contributed by atoms with Crippen molar-refractivity contribution in [1.29, 1.82) is 0 Å². The standard InChI is InChI=1S/C51H48N2OSSi/c1-51(2)40-25-11-12-28-44(40)55-49-41(51)26-15-29-45(49)56(3,36-21-5-4-6-22-36)37-23-13-20-35(32-37)46-38(33-16-7-8-17-33)30-31-42-47(46)52-50-53(42)43-27-14-24-39(48(43)54-50)34-18-9-10-19-34/h4-6,11-15,20-34H,7-10,16-19H2,1-3H3/i1D3,2D3,33D,34D. The second kappa shape index (κ2) is 13.1. The lowest BCUT2D eigenvalue weighted by molar-refractivity contribution is 0.608. The third-order valence-corrected chi connectivity index (χ3v) is 18.8. The summed E-state index contributed by atoms with van der Waals surface area (Å²) in [4.78, 5) is 6.60. The minimum atomic E-state index is -3.14. The number of oxazole rings is 1.